The fourth-order valence-corrected chi connectivity index (χ4v) is 5.43. The fourth-order valence-electron chi connectivity index (χ4n) is 5.43. The van der Waals surface area contributed by atoms with Gasteiger partial charge in [0.15, 0.2) is 0 Å². The van der Waals surface area contributed by atoms with Crippen molar-refractivity contribution in [3.63, 3.8) is 0 Å². The van der Waals surface area contributed by atoms with Gasteiger partial charge in [0.1, 0.15) is 6.61 Å². The fraction of sp³-hybridized carbons (Fsp3) is 0.444. The number of carbonyl (C=O) groups is 3. The molecule has 2 aromatic rings. The maximum atomic E-state index is 13.0. The van der Waals surface area contributed by atoms with Crippen LogP contribution in [-0.4, -0.2) is 53.2 Å². The van der Waals surface area contributed by atoms with E-state index in [-0.39, 0.29) is 42.9 Å². The molecule has 2 aromatic carbocycles. The van der Waals surface area contributed by atoms with E-state index in [0.717, 1.165) is 11.1 Å². The van der Waals surface area contributed by atoms with E-state index in [1.54, 1.807) is 11.8 Å². The summed E-state index contributed by atoms with van der Waals surface area (Å²) in [7, 11) is 0. The summed E-state index contributed by atoms with van der Waals surface area (Å²) in [5.41, 5.74) is 4.69. The normalized spacial score (nSPS) is 19.7. The number of hydrogen-bond donors (Lipinski definition) is 2. The van der Waals surface area contributed by atoms with Crippen molar-refractivity contribution in [3.05, 3.63) is 59.7 Å². The summed E-state index contributed by atoms with van der Waals surface area (Å²) in [6.07, 6.45) is 1.37. The minimum Gasteiger partial charge on any atom is -0.481 e. The van der Waals surface area contributed by atoms with Crippen molar-refractivity contribution in [2.45, 2.75) is 57.5 Å². The van der Waals surface area contributed by atoms with Crippen LogP contribution in [-0.2, 0) is 14.3 Å². The molecule has 34 heavy (non-hydrogen) atoms. The molecule has 2 aliphatic rings. The van der Waals surface area contributed by atoms with Gasteiger partial charge in [0.2, 0.25) is 5.91 Å². The van der Waals surface area contributed by atoms with E-state index in [4.69, 9.17) is 9.84 Å². The Morgan fingerprint density at radius 3 is 2.26 bits per heavy atom. The Morgan fingerprint density at radius 1 is 1.06 bits per heavy atom. The van der Waals surface area contributed by atoms with Crippen molar-refractivity contribution in [1.82, 2.24) is 10.2 Å². The molecule has 0 radical (unpaired) electrons. The number of rotatable bonds is 8. The molecule has 4 rings (SSSR count). The second kappa shape index (κ2) is 10.3. The van der Waals surface area contributed by atoms with Crippen LogP contribution in [0.2, 0.25) is 0 Å². The first kappa shape index (κ1) is 23.8. The van der Waals surface area contributed by atoms with Crippen LogP contribution in [0.1, 0.15) is 56.6 Å². The minimum absolute atomic E-state index is 0.00453. The van der Waals surface area contributed by atoms with Gasteiger partial charge in [0.25, 0.3) is 0 Å². The number of ether oxygens (including phenoxy) is 1. The molecule has 2 amide bonds. The average Bonchev–Trinajstić information content (AvgIpc) is 3.40. The van der Waals surface area contributed by atoms with Crippen molar-refractivity contribution in [2.75, 3.05) is 13.2 Å². The van der Waals surface area contributed by atoms with E-state index in [1.807, 2.05) is 31.2 Å². The Morgan fingerprint density at radius 2 is 1.68 bits per heavy atom. The number of aliphatic carboxylic acids is 1. The maximum Gasteiger partial charge on any atom is 0.407 e. The highest BCUT2D eigenvalue weighted by molar-refractivity contribution is 5.81. The van der Waals surface area contributed by atoms with E-state index < -0.39 is 12.1 Å². The standard InChI is InChI=1S/C27H32N2O5/c1-3-29(17(2)14-25(30)31)26(32)18-12-13-19(15-18)28-27(33)34-16-24-22-10-6-4-8-20(22)21-9-5-7-11-23(21)24/h4-11,17-19,24H,3,12-16H2,1-2H3,(H,28,33)(H,30,31)/t17?,18-,19+/m1/s1. The van der Waals surface area contributed by atoms with Crippen molar-refractivity contribution in [3.8, 4) is 11.1 Å². The SMILES string of the molecule is CCN(C(=O)[C@@H]1CC[C@H](NC(=O)OCC2c3ccccc3-c3ccccc32)C1)C(C)CC(=O)O. The Kier molecular flexibility index (Phi) is 7.20. The summed E-state index contributed by atoms with van der Waals surface area (Å²) < 4.78 is 5.64. The number of alkyl carbamates (subject to hydrolysis) is 1. The van der Waals surface area contributed by atoms with Crippen LogP contribution in [0.15, 0.2) is 48.5 Å². The molecule has 0 aliphatic heterocycles. The molecule has 2 aliphatic carbocycles. The predicted octanol–water partition coefficient (Wildman–Crippen LogP) is 4.41. The zero-order valence-corrected chi connectivity index (χ0v) is 19.7. The van der Waals surface area contributed by atoms with Crippen molar-refractivity contribution in [1.29, 1.82) is 0 Å². The number of carboxylic acid groups (broad SMARTS) is 1. The topological polar surface area (TPSA) is 95.9 Å². The molecular weight excluding hydrogens is 432 g/mol. The highest BCUT2D eigenvalue weighted by Crippen LogP contribution is 2.44. The van der Waals surface area contributed by atoms with Gasteiger partial charge >= 0.3 is 12.1 Å². The summed E-state index contributed by atoms with van der Waals surface area (Å²) in [6.45, 7) is 4.34. The molecule has 1 saturated carbocycles. The molecule has 0 spiro atoms. The molecule has 0 aromatic heterocycles. The molecule has 0 bridgehead atoms. The summed E-state index contributed by atoms with van der Waals surface area (Å²) in [5, 5.41) is 12.0. The summed E-state index contributed by atoms with van der Waals surface area (Å²) in [4.78, 5) is 38.2. The number of carbonyl (C=O) groups excluding carboxylic acids is 2. The first-order valence-corrected chi connectivity index (χ1v) is 12.0. The van der Waals surface area contributed by atoms with E-state index in [9.17, 15) is 14.4 Å². The molecule has 1 fully saturated rings. The number of nitrogens with zero attached hydrogens (tertiary/aromatic N) is 1. The van der Waals surface area contributed by atoms with E-state index in [1.165, 1.54) is 11.1 Å². The molecule has 0 heterocycles. The smallest absolute Gasteiger partial charge is 0.407 e. The third-order valence-corrected chi connectivity index (χ3v) is 7.07. The van der Waals surface area contributed by atoms with Gasteiger partial charge in [-0.1, -0.05) is 48.5 Å². The summed E-state index contributed by atoms with van der Waals surface area (Å²) in [6, 6.07) is 15.9. The monoisotopic (exact) mass is 464 g/mol. The van der Waals surface area contributed by atoms with Crippen LogP contribution in [0.25, 0.3) is 11.1 Å². The van der Waals surface area contributed by atoms with Crippen LogP contribution in [0.3, 0.4) is 0 Å². The quantitative estimate of drug-likeness (QED) is 0.604. The Hall–Kier alpha value is -3.35. The van der Waals surface area contributed by atoms with Crippen LogP contribution in [0, 0.1) is 5.92 Å². The highest BCUT2D eigenvalue weighted by Gasteiger charge is 2.35. The van der Waals surface area contributed by atoms with E-state index in [2.05, 4.69) is 29.6 Å². The molecule has 0 saturated heterocycles. The lowest BCUT2D eigenvalue weighted by Crippen LogP contribution is -2.43. The maximum absolute atomic E-state index is 13.0. The Balaban J connectivity index is 1.31. The second-order valence-corrected chi connectivity index (χ2v) is 9.25. The zero-order valence-electron chi connectivity index (χ0n) is 19.7. The van der Waals surface area contributed by atoms with Crippen molar-refractivity contribution in [2.24, 2.45) is 5.92 Å². The molecule has 1 unspecified atom stereocenters. The van der Waals surface area contributed by atoms with Gasteiger partial charge in [0.05, 0.1) is 6.42 Å². The summed E-state index contributed by atoms with van der Waals surface area (Å²) >= 11 is 0. The first-order chi connectivity index (χ1) is 16.4. The van der Waals surface area contributed by atoms with Crippen molar-refractivity contribution >= 4 is 18.0 Å². The van der Waals surface area contributed by atoms with Gasteiger partial charge in [-0.3, -0.25) is 9.59 Å². The van der Waals surface area contributed by atoms with Crippen LogP contribution in [0.5, 0.6) is 0 Å². The van der Waals surface area contributed by atoms with Gasteiger partial charge in [0, 0.05) is 30.5 Å². The first-order valence-electron chi connectivity index (χ1n) is 12.0. The number of carboxylic acids is 1. The zero-order chi connectivity index (χ0) is 24.2. The number of fused-ring (bicyclic) bond motifs is 3. The predicted molar refractivity (Wildman–Crippen MR) is 128 cm³/mol. The molecular formula is C27H32N2O5. The molecule has 180 valence electrons. The van der Waals surface area contributed by atoms with Crippen molar-refractivity contribution < 1.29 is 24.2 Å². The lowest BCUT2D eigenvalue weighted by molar-refractivity contribution is -0.142. The average molecular weight is 465 g/mol. The third kappa shape index (κ3) is 4.93. The number of amides is 2. The van der Waals surface area contributed by atoms with Gasteiger partial charge in [-0.05, 0) is 55.4 Å². The number of hydrogen-bond acceptors (Lipinski definition) is 4. The molecule has 7 heteroatoms. The highest BCUT2D eigenvalue weighted by atomic mass is 16.5. The Bertz CT molecular complexity index is 1020. The Labute approximate surface area is 200 Å². The largest absolute Gasteiger partial charge is 0.481 e. The number of benzene rings is 2. The van der Waals surface area contributed by atoms with Gasteiger partial charge in [-0.2, -0.15) is 0 Å². The second-order valence-electron chi connectivity index (χ2n) is 9.25. The van der Waals surface area contributed by atoms with Gasteiger partial charge < -0.3 is 20.1 Å². The summed E-state index contributed by atoms with van der Waals surface area (Å²) in [5.74, 6) is -1.16. The molecule has 3 atom stereocenters. The van der Waals surface area contributed by atoms with Gasteiger partial charge in [-0.15, -0.1) is 0 Å². The van der Waals surface area contributed by atoms with Crippen LogP contribution in [0.4, 0.5) is 4.79 Å². The van der Waals surface area contributed by atoms with Crippen LogP contribution >= 0.6 is 0 Å². The third-order valence-electron chi connectivity index (χ3n) is 7.07. The van der Waals surface area contributed by atoms with E-state index in [0.29, 0.717) is 25.8 Å². The lowest BCUT2D eigenvalue weighted by atomic mass is 9.98. The van der Waals surface area contributed by atoms with Gasteiger partial charge in [-0.25, -0.2) is 4.79 Å². The lowest BCUT2D eigenvalue weighted by Gasteiger charge is -2.29. The molecule has 7 nitrogen and oxygen atoms in total. The number of nitrogens with one attached hydrogen (secondary N) is 1. The minimum atomic E-state index is -0.917. The van der Waals surface area contributed by atoms with E-state index >= 15 is 0 Å². The van der Waals surface area contributed by atoms with Crippen LogP contribution < -0.4 is 5.32 Å². The molecule has 2 N–H and O–H groups in total.